The highest BCUT2D eigenvalue weighted by molar-refractivity contribution is 6.06. The van der Waals surface area contributed by atoms with Crippen LogP contribution in [-0.4, -0.2) is 52.3 Å². The lowest BCUT2D eigenvalue weighted by Gasteiger charge is -2.35. The number of ether oxygens (including phenoxy) is 2. The van der Waals surface area contributed by atoms with Crippen LogP contribution in [0.3, 0.4) is 0 Å². The number of carbonyl (C=O) groups is 2. The Hall–Kier alpha value is -3.84. The van der Waals surface area contributed by atoms with Gasteiger partial charge in [-0.25, -0.2) is 0 Å². The van der Waals surface area contributed by atoms with E-state index < -0.39 is 0 Å². The predicted octanol–water partition coefficient (Wildman–Crippen LogP) is 4.78. The van der Waals surface area contributed by atoms with Gasteiger partial charge < -0.3 is 25.0 Å². The van der Waals surface area contributed by atoms with Crippen LogP contribution >= 0.6 is 0 Å². The first kappa shape index (κ1) is 26.2. The number of anilines is 2. The molecule has 3 aromatic carbocycles. The van der Waals surface area contributed by atoms with Crippen LogP contribution in [0.25, 0.3) is 0 Å². The van der Waals surface area contributed by atoms with Crippen molar-refractivity contribution in [3.63, 3.8) is 0 Å². The summed E-state index contributed by atoms with van der Waals surface area (Å²) in [5.41, 5.74) is 3.88. The van der Waals surface area contributed by atoms with Gasteiger partial charge in [-0.05, 0) is 73.2 Å². The summed E-state index contributed by atoms with van der Waals surface area (Å²) in [6.45, 7) is 2.61. The second-order valence-electron chi connectivity index (χ2n) is 9.28. The highest BCUT2D eigenvalue weighted by Gasteiger charge is 2.24. The Kier molecular flexibility index (Phi) is 9.16. The van der Waals surface area contributed by atoms with Crippen LogP contribution in [0.5, 0.6) is 5.75 Å². The summed E-state index contributed by atoms with van der Waals surface area (Å²) in [6, 6.07) is 23.1. The van der Waals surface area contributed by atoms with Crippen molar-refractivity contribution in [3.05, 3.63) is 89.5 Å². The molecule has 0 bridgehead atoms. The molecular formula is C30H35N3O4. The van der Waals surface area contributed by atoms with Gasteiger partial charge in [-0.1, -0.05) is 30.3 Å². The van der Waals surface area contributed by atoms with Gasteiger partial charge >= 0.3 is 0 Å². The molecule has 4 rings (SSSR count). The first-order chi connectivity index (χ1) is 18.1. The number of carbonyl (C=O) groups excluding carboxylic acids is 2. The van der Waals surface area contributed by atoms with Gasteiger partial charge in [-0.15, -0.1) is 0 Å². The van der Waals surface area contributed by atoms with Crippen molar-refractivity contribution in [2.75, 3.05) is 50.7 Å². The average Bonchev–Trinajstić information content (AvgIpc) is 2.94. The number of benzene rings is 3. The zero-order valence-corrected chi connectivity index (χ0v) is 21.5. The molecule has 3 aromatic rings. The third-order valence-corrected chi connectivity index (χ3v) is 6.77. The summed E-state index contributed by atoms with van der Waals surface area (Å²) in [7, 11) is 3.19. The summed E-state index contributed by atoms with van der Waals surface area (Å²) in [4.78, 5) is 28.2. The molecule has 0 saturated carbocycles. The van der Waals surface area contributed by atoms with Crippen molar-refractivity contribution >= 4 is 23.2 Å². The van der Waals surface area contributed by atoms with E-state index in [2.05, 4.69) is 45.9 Å². The van der Waals surface area contributed by atoms with Gasteiger partial charge in [0.05, 0.1) is 19.3 Å². The molecule has 7 nitrogen and oxygen atoms in total. The summed E-state index contributed by atoms with van der Waals surface area (Å²) >= 11 is 0. The van der Waals surface area contributed by atoms with E-state index in [4.69, 9.17) is 9.47 Å². The van der Waals surface area contributed by atoms with Gasteiger partial charge in [-0.3, -0.25) is 9.59 Å². The molecule has 1 heterocycles. The number of methoxy groups -OCH3 is 2. The number of hydrogen-bond donors (Lipinski definition) is 2. The highest BCUT2D eigenvalue weighted by atomic mass is 16.5. The number of piperidine rings is 1. The third-order valence-electron chi connectivity index (χ3n) is 6.77. The van der Waals surface area contributed by atoms with Gasteiger partial charge in [-0.2, -0.15) is 0 Å². The van der Waals surface area contributed by atoms with E-state index in [1.54, 1.807) is 44.6 Å². The summed E-state index contributed by atoms with van der Waals surface area (Å²) in [6.07, 6.45) is 3.21. The molecule has 0 spiro atoms. The van der Waals surface area contributed by atoms with Crippen molar-refractivity contribution in [1.29, 1.82) is 0 Å². The topological polar surface area (TPSA) is 79.9 Å². The molecule has 2 amide bonds. The zero-order valence-electron chi connectivity index (χ0n) is 21.5. The fourth-order valence-electron chi connectivity index (χ4n) is 4.70. The maximum atomic E-state index is 13.1. The Balaban J connectivity index is 1.48. The van der Waals surface area contributed by atoms with Crippen LogP contribution in [-0.2, 0) is 11.2 Å². The Morgan fingerprint density at radius 1 is 0.919 bits per heavy atom. The first-order valence-corrected chi connectivity index (χ1v) is 12.7. The minimum absolute atomic E-state index is 0.181. The lowest BCUT2D eigenvalue weighted by Crippen LogP contribution is -2.36. The molecule has 7 heteroatoms. The van der Waals surface area contributed by atoms with Gasteiger partial charge in [0.25, 0.3) is 11.8 Å². The Labute approximate surface area is 218 Å². The van der Waals surface area contributed by atoms with Crippen LogP contribution < -0.4 is 20.3 Å². The minimum atomic E-state index is -0.247. The molecule has 0 unspecified atom stereocenters. The molecule has 2 N–H and O–H groups in total. The van der Waals surface area contributed by atoms with Crippen LogP contribution in [0, 0.1) is 5.92 Å². The summed E-state index contributed by atoms with van der Waals surface area (Å²) < 4.78 is 10.3. The Morgan fingerprint density at radius 2 is 1.65 bits per heavy atom. The molecule has 1 fully saturated rings. The maximum Gasteiger partial charge on any atom is 0.255 e. The van der Waals surface area contributed by atoms with Gasteiger partial charge in [0.15, 0.2) is 0 Å². The third kappa shape index (κ3) is 7.11. The summed E-state index contributed by atoms with van der Waals surface area (Å²) in [5, 5.41) is 5.85. The molecule has 194 valence electrons. The van der Waals surface area contributed by atoms with Crippen molar-refractivity contribution in [2.45, 2.75) is 19.3 Å². The minimum Gasteiger partial charge on any atom is -0.497 e. The zero-order chi connectivity index (χ0) is 26.0. The average molecular weight is 502 g/mol. The molecular weight excluding hydrogens is 466 g/mol. The monoisotopic (exact) mass is 501 g/mol. The van der Waals surface area contributed by atoms with Crippen molar-refractivity contribution in [1.82, 2.24) is 5.32 Å². The van der Waals surface area contributed by atoms with E-state index in [1.807, 2.05) is 12.1 Å². The normalized spacial score (nSPS) is 13.7. The fraction of sp³-hybridized carbons (Fsp3) is 0.333. The number of rotatable bonds is 10. The number of nitrogens with one attached hydrogen (secondary N) is 2. The molecule has 0 aliphatic carbocycles. The largest absolute Gasteiger partial charge is 0.497 e. The van der Waals surface area contributed by atoms with Gasteiger partial charge in [0, 0.05) is 43.7 Å². The van der Waals surface area contributed by atoms with E-state index in [0.29, 0.717) is 41.6 Å². The van der Waals surface area contributed by atoms with Crippen molar-refractivity contribution < 1.29 is 19.1 Å². The lowest BCUT2D eigenvalue weighted by molar-refractivity contribution is 0.0936. The van der Waals surface area contributed by atoms with Gasteiger partial charge in [0.2, 0.25) is 0 Å². The first-order valence-electron chi connectivity index (χ1n) is 12.7. The molecule has 0 radical (unpaired) electrons. The van der Waals surface area contributed by atoms with E-state index in [-0.39, 0.29) is 11.8 Å². The van der Waals surface area contributed by atoms with E-state index in [9.17, 15) is 9.59 Å². The lowest BCUT2D eigenvalue weighted by atomic mass is 9.89. The smallest absolute Gasteiger partial charge is 0.255 e. The quantitative estimate of drug-likeness (QED) is 0.391. The van der Waals surface area contributed by atoms with Crippen LogP contribution in [0.15, 0.2) is 72.8 Å². The highest BCUT2D eigenvalue weighted by Crippen LogP contribution is 2.30. The SMILES string of the molecule is COCCNC(=O)c1cc(NC(=O)c2ccc(OC)cc2)ccc1N1CCC(Cc2ccccc2)CC1. The number of amides is 2. The van der Waals surface area contributed by atoms with Crippen molar-refractivity contribution in [3.8, 4) is 5.75 Å². The summed E-state index contributed by atoms with van der Waals surface area (Å²) in [5.74, 6) is 0.881. The van der Waals surface area contributed by atoms with E-state index >= 15 is 0 Å². The van der Waals surface area contributed by atoms with Gasteiger partial charge in [0.1, 0.15) is 5.75 Å². The van der Waals surface area contributed by atoms with Crippen LogP contribution in [0.4, 0.5) is 11.4 Å². The fourth-order valence-corrected chi connectivity index (χ4v) is 4.70. The molecule has 37 heavy (non-hydrogen) atoms. The standard InChI is InChI=1S/C30H35N3O4/c1-36-19-16-31-30(35)27-21-25(32-29(34)24-8-11-26(37-2)12-9-24)10-13-28(27)33-17-14-23(15-18-33)20-22-6-4-3-5-7-22/h3-13,21,23H,14-20H2,1-2H3,(H,31,35)(H,32,34). The maximum absolute atomic E-state index is 13.1. The molecule has 0 atom stereocenters. The van der Waals surface area contributed by atoms with Crippen LogP contribution in [0.2, 0.25) is 0 Å². The molecule has 0 aromatic heterocycles. The molecule has 1 aliphatic heterocycles. The Bertz CT molecular complexity index is 1170. The number of hydrogen-bond acceptors (Lipinski definition) is 5. The van der Waals surface area contributed by atoms with Crippen molar-refractivity contribution in [2.24, 2.45) is 5.92 Å². The molecule has 1 aliphatic rings. The Morgan fingerprint density at radius 3 is 2.32 bits per heavy atom. The second kappa shape index (κ2) is 12.9. The second-order valence-corrected chi connectivity index (χ2v) is 9.28. The van der Waals surface area contributed by atoms with E-state index in [0.717, 1.165) is 38.0 Å². The van der Waals surface area contributed by atoms with Crippen LogP contribution in [0.1, 0.15) is 39.1 Å². The predicted molar refractivity (Wildman–Crippen MR) is 147 cm³/mol. The molecule has 1 saturated heterocycles. The number of nitrogens with zero attached hydrogens (tertiary/aromatic N) is 1. The van der Waals surface area contributed by atoms with E-state index in [1.165, 1.54) is 5.56 Å².